The van der Waals surface area contributed by atoms with Crippen LogP contribution < -0.4 is 16.0 Å². The van der Waals surface area contributed by atoms with Gasteiger partial charge in [-0.2, -0.15) is 0 Å². The van der Waals surface area contributed by atoms with Crippen LogP contribution in [-0.2, 0) is 9.59 Å². The van der Waals surface area contributed by atoms with E-state index in [1.807, 2.05) is 0 Å². The molecule has 0 aromatic rings. The number of hydrogen-bond donors (Lipinski definition) is 3. The van der Waals surface area contributed by atoms with Gasteiger partial charge < -0.3 is 20.9 Å². The molecule has 0 unspecified atom stereocenters. The lowest BCUT2D eigenvalue weighted by Crippen LogP contribution is -2.38. The van der Waals surface area contributed by atoms with Gasteiger partial charge >= 0.3 is 0 Å². The van der Waals surface area contributed by atoms with Gasteiger partial charge in [0.2, 0.25) is 11.8 Å². The van der Waals surface area contributed by atoms with E-state index in [0.717, 1.165) is 45.6 Å². The molecule has 0 spiro atoms. The normalized spacial score (nSPS) is 11.3. The number of likely N-dealkylation sites (N-methyl/N-ethyl adjacent to an activating group) is 1. The second-order valence-electron chi connectivity index (χ2n) is 11.8. The largest absolute Gasteiger partial charge is 0.356 e. The lowest BCUT2D eigenvalue weighted by Gasteiger charge is -2.22. The first kappa shape index (κ1) is 38.9. The Hall–Kier alpha value is -1.14. The first-order chi connectivity index (χ1) is 19.6. The van der Waals surface area contributed by atoms with Gasteiger partial charge in [-0.25, -0.2) is 0 Å². The van der Waals surface area contributed by atoms with E-state index in [-0.39, 0.29) is 11.8 Å². The molecular weight excluding hydrogens is 496 g/mol. The molecule has 0 bridgehead atoms. The number of nitrogens with one attached hydrogen (secondary N) is 3. The van der Waals surface area contributed by atoms with Crippen molar-refractivity contribution in [3.8, 4) is 0 Å². The monoisotopic (exact) mass is 567 g/mol. The number of rotatable bonds is 32. The van der Waals surface area contributed by atoms with Crippen LogP contribution in [0.1, 0.15) is 162 Å². The Kier molecular flexibility index (Phi) is 31.5. The average molecular weight is 567 g/mol. The van der Waals surface area contributed by atoms with E-state index in [1.54, 1.807) is 0 Å². The second kappa shape index (κ2) is 32.4. The zero-order valence-corrected chi connectivity index (χ0v) is 27.3. The van der Waals surface area contributed by atoms with E-state index in [0.29, 0.717) is 25.9 Å². The molecule has 0 saturated carbocycles. The van der Waals surface area contributed by atoms with Crippen LogP contribution in [0.3, 0.4) is 0 Å². The number of nitrogens with zero attached hydrogens (tertiary/aromatic N) is 1. The Morgan fingerprint density at radius 3 is 1.15 bits per heavy atom. The molecule has 0 aliphatic carbocycles. The Balaban J connectivity index is 3.85. The maximum atomic E-state index is 12.4. The van der Waals surface area contributed by atoms with E-state index in [9.17, 15) is 9.59 Å². The van der Waals surface area contributed by atoms with E-state index in [2.05, 4.69) is 41.6 Å². The summed E-state index contributed by atoms with van der Waals surface area (Å²) in [7, 11) is 0. The quantitative estimate of drug-likeness (QED) is 0.0728. The fourth-order valence-electron chi connectivity index (χ4n) is 5.13. The smallest absolute Gasteiger partial charge is 0.221 e. The highest BCUT2D eigenvalue weighted by Crippen LogP contribution is 2.11. The Bertz CT molecular complexity index is 502. The van der Waals surface area contributed by atoms with Gasteiger partial charge in [-0.05, 0) is 19.4 Å². The van der Waals surface area contributed by atoms with Crippen molar-refractivity contribution in [2.24, 2.45) is 0 Å². The molecule has 3 N–H and O–H groups in total. The van der Waals surface area contributed by atoms with E-state index < -0.39 is 0 Å². The van der Waals surface area contributed by atoms with Crippen molar-refractivity contribution >= 4 is 11.8 Å². The molecule has 0 aromatic carbocycles. The summed E-state index contributed by atoms with van der Waals surface area (Å²) in [5, 5.41) is 9.56. The molecule has 0 aliphatic heterocycles. The van der Waals surface area contributed by atoms with Gasteiger partial charge in [0.25, 0.3) is 0 Å². The number of carbonyl (C=O) groups is 2. The van der Waals surface area contributed by atoms with Crippen LogP contribution in [0.4, 0.5) is 0 Å². The van der Waals surface area contributed by atoms with Gasteiger partial charge in [0, 0.05) is 52.1 Å². The van der Waals surface area contributed by atoms with Crippen molar-refractivity contribution in [1.29, 1.82) is 0 Å². The van der Waals surface area contributed by atoms with Crippen molar-refractivity contribution in [2.45, 2.75) is 162 Å². The summed E-state index contributed by atoms with van der Waals surface area (Å²) < 4.78 is 0. The summed E-state index contributed by atoms with van der Waals surface area (Å²) in [4.78, 5) is 27.0. The predicted molar refractivity (Wildman–Crippen MR) is 174 cm³/mol. The SMILES string of the molecule is CCCCCCCCCCCCNC(=O)CCN(CCNCC)CCC(=O)NCCCCCCCCCCCC. The van der Waals surface area contributed by atoms with Crippen LogP contribution >= 0.6 is 0 Å². The predicted octanol–water partition coefficient (Wildman–Crippen LogP) is 7.75. The van der Waals surface area contributed by atoms with Crippen LogP contribution in [0.25, 0.3) is 0 Å². The van der Waals surface area contributed by atoms with Crippen molar-refractivity contribution in [3.63, 3.8) is 0 Å². The summed E-state index contributed by atoms with van der Waals surface area (Å²) in [5.41, 5.74) is 0. The molecule has 0 aliphatic rings. The summed E-state index contributed by atoms with van der Waals surface area (Å²) in [6, 6.07) is 0. The van der Waals surface area contributed by atoms with Crippen molar-refractivity contribution in [3.05, 3.63) is 0 Å². The molecule has 0 heterocycles. The van der Waals surface area contributed by atoms with Gasteiger partial charge in [0.05, 0.1) is 0 Å². The third-order valence-corrected chi connectivity index (χ3v) is 7.87. The lowest BCUT2D eigenvalue weighted by atomic mass is 10.1. The summed E-state index contributed by atoms with van der Waals surface area (Å²) in [6.45, 7) is 12.3. The molecule has 0 saturated heterocycles. The summed E-state index contributed by atoms with van der Waals surface area (Å²) in [6.07, 6.45) is 27.2. The number of carbonyl (C=O) groups excluding carboxylic acids is 2. The Morgan fingerprint density at radius 2 is 0.800 bits per heavy atom. The number of unbranched alkanes of at least 4 members (excludes halogenated alkanes) is 18. The van der Waals surface area contributed by atoms with Gasteiger partial charge in [0.1, 0.15) is 0 Å². The fourth-order valence-corrected chi connectivity index (χ4v) is 5.13. The minimum absolute atomic E-state index is 0.134. The molecular formula is C34H70N4O2. The zero-order chi connectivity index (χ0) is 29.4. The third kappa shape index (κ3) is 29.8. The molecule has 238 valence electrons. The van der Waals surface area contributed by atoms with Gasteiger partial charge in [-0.3, -0.25) is 9.59 Å². The van der Waals surface area contributed by atoms with E-state index >= 15 is 0 Å². The minimum atomic E-state index is 0.134. The first-order valence-corrected chi connectivity index (χ1v) is 17.6. The topological polar surface area (TPSA) is 73.5 Å². The van der Waals surface area contributed by atoms with Gasteiger partial charge in [0.15, 0.2) is 0 Å². The van der Waals surface area contributed by atoms with Crippen molar-refractivity contribution in [2.75, 3.05) is 45.8 Å². The maximum Gasteiger partial charge on any atom is 0.221 e. The minimum Gasteiger partial charge on any atom is -0.356 e. The number of amides is 2. The standard InChI is InChI=1S/C34H70N4O2/c1-4-7-9-11-13-15-17-19-21-23-27-36-33(39)25-30-38(32-29-35-6-3)31-26-34(40)37-28-24-22-20-18-16-14-12-10-8-5-2/h35H,4-32H2,1-3H3,(H,36,39)(H,37,40). The van der Waals surface area contributed by atoms with Crippen molar-refractivity contribution < 1.29 is 9.59 Å². The molecule has 6 nitrogen and oxygen atoms in total. The first-order valence-electron chi connectivity index (χ1n) is 17.6. The zero-order valence-electron chi connectivity index (χ0n) is 27.3. The van der Waals surface area contributed by atoms with Crippen molar-refractivity contribution in [1.82, 2.24) is 20.9 Å². The summed E-state index contributed by atoms with van der Waals surface area (Å²) >= 11 is 0. The fraction of sp³-hybridized carbons (Fsp3) is 0.941. The summed E-state index contributed by atoms with van der Waals surface area (Å²) in [5.74, 6) is 0.268. The lowest BCUT2D eigenvalue weighted by molar-refractivity contribution is -0.121. The second-order valence-corrected chi connectivity index (χ2v) is 11.8. The van der Waals surface area contributed by atoms with Gasteiger partial charge in [-0.15, -0.1) is 0 Å². The average Bonchev–Trinajstić information content (AvgIpc) is 2.95. The van der Waals surface area contributed by atoms with E-state index in [1.165, 1.54) is 116 Å². The molecule has 0 rings (SSSR count). The molecule has 0 fully saturated rings. The molecule has 0 atom stereocenters. The molecule has 40 heavy (non-hydrogen) atoms. The molecule has 0 aromatic heterocycles. The third-order valence-electron chi connectivity index (χ3n) is 7.87. The highest BCUT2D eigenvalue weighted by atomic mass is 16.2. The van der Waals surface area contributed by atoms with E-state index in [4.69, 9.17) is 0 Å². The van der Waals surface area contributed by atoms with Crippen LogP contribution in [0.15, 0.2) is 0 Å². The molecule has 0 radical (unpaired) electrons. The Labute approximate surface area is 250 Å². The number of hydrogen-bond acceptors (Lipinski definition) is 4. The van der Waals surface area contributed by atoms with Crippen LogP contribution in [-0.4, -0.2) is 62.5 Å². The van der Waals surface area contributed by atoms with Crippen LogP contribution in [0, 0.1) is 0 Å². The maximum absolute atomic E-state index is 12.4. The van der Waals surface area contributed by atoms with Gasteiger partial charge in [-0.1, -0.05) is 136 Å². The Morgan fingerprint density at radius 1 is 0.450 bits per heavy atom. The van der Waals surface area contributed by atoms with Crippen LogP contribution in [0.5, 0.6) is 0 Å². The highest BCUT2D eigenvalue weighted by Gasteiger charge is 2.10. The van der Waals surface area contributed by atoms with Crippen LogP contribution in [0.2, 0.25) is 0 Å². The molecule has 2 amide bonds. The highest BCUT2D eigenvalue weighted by molar-refractivity contribution is 5.76. The molecule has 6 heteroatoms.